The first-order chi connectivity index (χ1) is 13.7. The van der Waals surface area contributed by atoms with Crippen molar-refractivity contribution in [2.45, 2.75) is 19.9 Å². The first-order valence-corrected chi connectivity index (χ1v) is 9.29. The van der Waals surface area contributed by atoms with Gasteiger partial charge in [-0.25, -0.2) is 4.79 Å². The average molecular weight is 378 g/mol. The van der Waals surface area contributed by atoms with E-state index in [0.717, 1.165) is 23.9 Å². The largest absolute Gasteiger partial charge is 0.497 e. The second kappa shape index (κ2) is 7.72. The molecule has 1 aliphatic rings. The zero-order chi connectivity index (χ0) is 19.5. The highest BCUT2D eigenvalue weighted by Gasteiger charge is 2.21. The Morgan fingerprint density at radius 3 is 2.82 bits per heavy atom. The molecule has 0 unspecified atom stereocenters. The van der Waals surface area contributed by atoms with Crippen LogP contribution in [0.2, 0.25) is 0 Å². The third kappa shape index (κ3) is 3.43. The summed E-state index contributed by atoms with van der Waals surface area (Å²) in [6, 6.07) is 13.9. The molecular weight excluding hydrogens is 356 g/mol. The van der Waals surface area contributed by atoms with E-state index in [1.165, 1.54) is 11.1 Å². The Bertz CT molecular complexity index is 1040. The van der Waals surface area contributed by atoms with Gasteiger partial charge in [0.1, 0.15) is 11.4 Å². The Hall–Kier alpha value is -3.35. The molecule has 3 aromatic rings. The number of ether oxygens (including phenoxy) is 2. The van der Waals surface area contributed by atoms with Crippen LogP contribution in [0, 0.1) is 0 Å². The highest BCUT2D eigenvalue weighted by molar-refractivity contribution is 6.05. The zero-order valence-corrected chi connectivity index (χ0v) is 15.9. The fourth-order valence-electron chi connectivity index (χ4n) is 3.40. The predicted octanol–water partition coefficient (Wildman–Crippen LogP) is 4.41. The minimum Gasteiger partial charge on any atom is -0.497 e. The topological polar surface area (TPSA) is 79.3 Å². The van der Waals surface area contributed by atoms with Crippen molar-refractivity contribution in [1.82, 2.24) is 9.99 Å². The Kier molecular flexibility index (Phi) is 4.97. The third-order valence-corrected chi connectivity index (χ3v) is 4.84. The van der Waals surface area contributed by atoms with E-state index in [0.29, 0.717) is 23.7 Å². The highest BCUT2D eigenvalue weighted by Crippen LogP contribution is 2.34. The van der Waals surface area contributed by atoms with Crippen LogP contribution < -0.4 is 4.74 Å². The normalized spacial score (nSPS) is 13.7. The van der Waals surface area contributed by atoms with Crippen LogP contribution in [0.1, 0.15) is 28.5 Å². The van der Waals surface area contributed by atoms with E-state index in [1.54, 1.807) is 14.0 Å². The number of esters is 1. The molecule has 2 aromatic carbocycles. The SMILES string of the molecule is CCOC(=O)c1[nH]c2ccc(OC)cc2c1N=NN1CCc2ccccc2C1. The van der Waals surface area contributed by atoms with Crippen LogP contribution in [0.25, 0.3) is 10.9 Å². The van der Waals surface area contributed by atoms with Gasteiger partial charge in [0.05, 0.1) is 20.3 Å². The third-order valence-electron chi connectivity index (χ3n) is 4.84. The van der Waals surface area contributed by atoms with Crippen molar-refractivity contribution in [3.05, 3.63) is 59.3 Å². The molecule has 0 radical (unpaired) electrons. The molecule has 7 heteroatoms. The van der Waals surface area contributed by atoms with Gasteiger partial charge in [-0.3, -0.25) is 5.01 Å². The van der Waals surface area contributed by atoms with Crippen LogP contribution in [0.4, 0.5) is 5.69 Å². The number of H-pyrrole nitrogens is 1. The Labute approximate surface area is 162 Å². The number of nitrogens with one attached hydrogen (secondary N) is 1. The molecule has 0 atom stereocenters. The number of benzene rings is 2. The lowest BCUT2D eigenvalue weighted by molar-refractivity contribution is 0.0521. The van der Waals surface area contributed by atoms with Gasteiger partial charge < -0.3 is 14.5 Å². The van der Waals surface area contributed by atoms with Gasteiger partial charge in [0.2, 0.25) is 0 Å². The standard InChI is InChI=1S/C21H22N4O3/c1-3-28-21(26)20-19(17-12-16(27-2)8-9-18(17)22-20)23-24-25-11-10-14-6-4-5-7-15(14)13-25/h4-9,12,22H,3,10-11,13H2,1-2H3. The summed E-state index contributed by atoms with van der Waals surface area (Å²) in [4.78, 5) is 15.5. The van der Waals surface area contributed by atoms with E-state index in [2.05, 4.69) is 33.5 Å². The number of fused-ring (bicyclic) bond motifs is 2. The second-order valence-electron chi connectivity index (χ2n) is 6.58. The molecule has 7 nitrogen and oxygen atoms in total. The first-order valence-electron chi connectivity index (χ1n) is 9.29. The Balaban J connectivity index is 1.69. The molecule has 1 aromatic heterocycles. The summed E-state index contributed by atoms with van der Waals surface area (Å²) in [5.41, 5.74) is 4.14. The lowest BCUT2D eigenvalue weighted by atomic mass is 10.0. The predicted molar refractivity (Wildman–Crippen MR) is 106 cm³/mol. The van der Waals surface area contributed by atoms with Crippen LogP contribution in [0.5, 0.6) is 5.75 Å². The molecule has 4 rings (SSSR count). The molecule has 0 bridgehead atoms. The van der Waals surface area contributed by atoms with Crippen molar-refractivity contribution < 1.29 is 14.3 Å². The Morgan fingerprint density at radius 2 is 2.04 bits per heavy atom. The summed E-state index contributed by atoms with van der Waals surface area (Å²) in [6.07, 6.45) is 0.918. The summed E-state index contributed by atoms with van der Waals surface area (Å²) >= 11 is 0. The lowest BCUT2D eigenvalue weighted by Crippen LogP contribution is -2.25. The van der Waals surface area contributed by atoms with Crippen LogP contribution in [0.3, 0.4) is 0 Å². The molecule has 0 saturated carbocycles. The summed E-state index contributed by atoms with van der Waals surface area (Å²) in [6.45, 7) is 3.54. The molecule has 144 valence electrons. The molecular formula is C21H22N4O3. The van der Waals surface area contributed by atoms with Crippen LogP contribution in [-0.4, -0.2) is 36.2 Å². The maximum absolute atomic E-state index is 12.4. The molecule has 0 saturated heterocycles. The summed E-state index contributed by atoms with van der Waals surface area (Å²) in [5.74, 6) is 0.237. The maximum atomic E-state index is 12.4. The van der Waals surface area contributed by atoms with Crippen molar-refractivity contribution in [3.8, 4) is 5.75 Å². The maximum Gasteiger partial charge on any atom is 0.357 e. The number of carbonyl (C=O) groups excluding carboxylic acids is 1. The number of hydrogen-bond acceptors (Lipinski definition) is 5. The van der Waals surface area contributed by atoms with E-state index in [9.17, 15) is 4.79 Å². The number of hydrogen-bond donors (Lipinski definition) is 1. The second-order valence-corrected chi connectivity index (χ2v) is 6.58. The van der Waals surface area contributed by atoms with Gasteiger partial charge in [-0.2, -0.15) is 0 Å². The van der Waals surface area contributed by atoms with Crippen molar-refractivity contribution in [2.75, 3.05) is 20.3 Å². The van der Waals surface area contributed by atoms with Crippen molar-refractivity contribution in [1.29, 1.82) is 0 Å². The quantitative estimate of drug-likeness (QED) is 0.527. The van der Waals surface area contributed by atoms with E-state index >= 15 is 0 Å². The van der Waals surface area contributed by atoms with Crippen molar-refractivity contribution in [3.63, 3.8) is 0 Å². The van der Waals surface area contributed by atoms with Gasteiger partial charge in [-0.15, -0.1) is 5.11 Å². The summed E-state index contributed by atoms with van der Waals surface area (Å²) < 4.78 is 10.5. The molecule has 0 amide bonds. The van der Waals surface area contributed by atoms with Gasteiger partial charge in [0.25, 0.3) is 0 Å². The molecule has 2 heterocycles. The van der Waals surface area contributed by atoms with E-state index < -0.39 is 5.97 Å². The van der Waals surface area contributed by atoms with Gasteiger partial charge in [-0.05, 0) is 42.7 Å². The number of methoxy groups -OCH3 is 1. The van der Waals surface area contributed by atoms with Crippen LogP contribution >= 0.6 is 0 Å². The summed E-state index contributed by atoms with van der Waals surface area (Å²) in [5, 5.41) is 11.5. The lowest BCUT2D eigenvalue weighted by Gasteiger charge is -2.24. The monoisotopic (exact) mass is 378 g/mol. The number of nitrogens with zero attached hydrogens (tertiary/aromatic N) is 3. The average Bonchev–Trinajstić information content (AvgIpc) is 3.10. The van der Waals surface area contributed by atoms with Gasteiger partial charge in [0, 0.05) is 17.4 Å². The van der Waals surface area contributed by atoms with Crippen molar-refractivity contribution in [2.24, 2.45) is 10.3 Å². The molecule has 0 aliphatic carbocycles. The van der Waals surface area contributed by atoms with Gasteiger partial charge >= 0.3 is 5.97 Å². The number of aromatic nitrogens is 1. The van der Waals surface area contributed by atoms with Crippen LogP contribution in [0.15, 0.2) is 52.8 Å². The molecule has 0 spiro atoms. The summed E-state index contributed by atoms with van der Waals surface area (Å²) in [7, 11) is 1.60. The first kappa shape index (κ1) is 18.0. The minimum atomic E-state index is -0.449. The number of carbonyl (C=O) groups is 1. The fourth-order valence-corrected chi connectivity index (χ4v) is 3.40. The van der Waals surface area contributed by atoms with E-state index in [4.69, 9.17) is 9.47 Å². The number of rotatable bonds is 5. The van der Waals surface area contributed by atoms with Crippen LogP contribution in [-0.2, 0) is 17.7 Å². The van der Waals surface area contributed by atoms with Crippen molar-refractivity contribution >= 4 is 22.6 Å². The fraction of sp³-hybridized carbons (Fsp3) is 0.286. The van der Waals surface area contributed by atoms with E-state index in [1.807, 2.05) is 29.3 Å². The molecule has 28 heavy (non-hydrogen) atoms. The zero-order valence-electron chi connectivity index (χ0n) is 15.9. The van der Waals surface area contributed by atoms with Gasteiger partial charge in [-0.1, -0.05) is 29.5 Å². The smallest absolute Gasteiger partial charge is 0.357 e. The Morgan fingerprint density at radius 1 is 1.21 bits per heavy atom. The van der Waals surface area contributed by atoms with Gasteiger partial charge in [0.15, 0.2) is 5.69 Å². The van der Waals surface area contributed by atoms with E-state index in [-0.39, 0.29) is 6.61 Å². The molecule has 1 aliphatic heterocycles. The molecule has 0 fully saturated rings. The molecule has 1 N–H and O–H groups in total. The number of aromatic amines is 1. The highest BCUT2D eigenvalue weighted by atomic mass is 16.5. The minimum absolute atomic E-state index is 0.289.